The van der Waals surface area contributed by atoms with Gasteiger partial charge in [-0.05, 0) is 73.9 Å². The highest BCUT2D eigenvalue weighted by molar-refractivity contribution is 9.10. The highest BCUT2D eigenvalue weighted by atomic mass is 79.9. The van der Waals surface area contributed by atoms with Crippen LogP contribution in [0, 0.1) is 5.92 Å². The van der Waals surface area contributed by atoms with E-state index in [0.29, 0.717) is 17.6 Å². The van der Waals surface area contributed by atoms with Gasteiger partial charge < -0.3 is 0 Å². The predicted octanol–water partition coefficient (Wildman–Crippen LogP) is 5.53. The molecule has 2 aromatic carbocycles. The normalized spacial score (nSPS) is 33.5. The molecule has 6 rings (SSSR count). The maximum absolute atomic E-state index is 13.4. The van der Waals surface area contributed by atoms with Crippen LogP contribution in [0.4, 0.5) is 0 Å². The summed E-state index contributed by atoms with van der Waals surface area (Å²) in [5, 5.41) is 0. The van der Waals surface area contributed by atoms with Crippen molar-refractivity contribution in [3.8, 4) is 0 Å². The molecule has 4 unspecified atom stereocenters. The van der Waals surface area contributed by atoms with Crippen molar-refractivity contribution < 1.29 is 4.79 Å². The van der Waals surface area contributed by atoms with Gasteiger partial charge in [0.05, 0.1) is 0 Å². The van der Waals surface area contributed by atoms with E-state index in [9.17, 15) is 4.79 Å². The molecule has 0 amide bonds. The summed E-state index contributed by atoms with van der Waals surface area (Å²) in [4.78, 5) is 16.1. The van der Waals surface area contributed by atoms with Gasteiger partial charge in [0.1, 0.15) is 5.78 Å². The second-order valence-corrected chi connectivity index (χ2v) is 9.59. The van der Waals surface area contributed by atoms with E-state index in [4.69, 9.17) is 0 Å². The molecule has 4 aliphatic rings. The Labute approximate surface area is 170 Å². The molecular weight excluding hydrogens is 398 g/mol. The van der Waals surface area contributed by atoms with Gasteiger partial charge in [-0.3, -0.25) is 9.69 Å². The van der Waals surface area contributed by atoms with Gasteiger partial charge in [0.15, 0.2) is 0 Å². The molecule has 1 saturated heterocycles. The third kappa shape index (κ3) is 3.00. The maximum Gasteiger partial charge on any atom is 0.139 e. The van der Waals surface area contributed by atoms with E-state index in [0.717, 1.165) is 36.8 Å². The van der Waals surface area contributed by atoms with E-state index in [1.54, 1.807) is 0 Å². The Morgan fingerprint density at radius 1 is 0.852 bits per heavy atom. The molecule has 0 aromatic heterocycles. The second kappa shape index (κ2) is 6.86. The van der Waals surface area contributed by atoms with Gasteiger partial charge in [-0.2, -0.15) is 0 Å². The summed E-state index contributed by atoms with van der Waals surface area (Å²) in [6.07, 6.45) is 5.58. The highest BCUT2D eigenvalue weighted by Gasteiger charge is 2.57. The number of likely N-dealkylation sites (tertiary alicyclic amines) is 1. The molecule has 0 radical (unpaired) electrons. The van der Waals surface area contributed by atoms with Gasteiger partial charge in [0, 0.05) is 22.4 Å². The molecule has 27 heavy (non-hydrogen) atoms. The Kier molecular flexibility index (Phi) is 4.48. The Balaban J connectivity index is 1.60. The molecule has 4 fully saturated rings. The molecule has 4 atom stereocenters. The topological polar surface area (TPSA) is 20.3 Å². The van der Waals surface area contributed by atoms with Crippen LogP contribution in [-0.4, -0.2) is 29.3 Å². The first-order valence-corrected chi connectivity index (χ1v) is 11.0. The minimum atomic E-state index is 0.0561. The molecule has 0 spiro atoms. The van der Waals surface area contributed by atoms with Crippen LogP contribution in [0.3, 0.4) is 0 Å². The Hall–Kier alpha value is -1.45. The average molecular weight is 424 g/mol. The lowest BCUT2D eigenvalue weighted by Gasteiger charge is -2.57. The first-order chi connectivity index (χ1) is 13.2. The van der Waals surface area contributed by atoms with Gasteiger partial charge in [-0.1, -0.05) is 58.4 Å². The lowest BCUT2D eigenvalue weighted by molar-refractivity contribution is -0.139. The number of halogens is 1. The summed E-state index contributed by atoms with van der Waals surface area (Å²) in [6.45, 7) is 2.32. The molecule has 2 bridgehead atoms. The monoisotopic (exact) mass is 423 g/mol. The number of benzene rings is 2. The van der Waals surface area contributed by atoms with Crippen molar-refractivity contribution >= 4 is 21.7 Å². The minimum Gasteiger partial charge on any atom is -0.299 e. The summed E-state index contributed by atoms with van der Waals surface area (Å²) < 4.78 is 1.10. The summed E-state index contributed by atoms with van der Waals surface area (Å²) >= 11 is 3.56. The predicted molar refractivity (Wildman–Crippen MR) is 112 cm³/mol. The third-order valence-corrected chi connectivity index (χ3v) is 7.77. The molecular formula is C24H26BrNO. The number of hydrogen-bond donors (Lipinski definition) is 0. The molecule has 0 N–H and O–H groups in total. The van der Waals surface area contributed by atoms with Crippen LogP contribution in [0.1, 0.15) is 55.1 Å². The van der Waals surface area contributed by atoms with E-state index in [-0.39, 0.29) is 11.5 Å². The fourth-order valence-corrected chi connectivity index (χ4v) is 6.36. The highest BCUT2D eigenvalue weighted by Crippen LogP contribution is 2.58. The summed E-state index contributed by atoms with van der Waals surface area (Å²) in [7, 11) is 0. The van der Waals surface area contributed by atoms with Crippen molar-refractivity contribution in [3.63, 3.8) is 0 Å². The Bertz CT molecular complexity index is 827. The van der Waals surface area contributed by atoms with E-state index >= 15 is 0 Å². The summed E-state index contributed by atoms with van der Waals surface area (Å²) in [6, 6.07) is 19.5. The van der Waals surface area contributed by atoms with Crippen molar-refractivity contribution in [2.75, 3.05) is 13.1 Å². The largest absolute Gasteiger partial charge is 0.299 e. The number of carbonyl (C=O) groups is 1. The van der Waals surface area contributed by atoms with Crippen molar-refractivity contribution in [2.24, 2.45) is 5.92 Å². The lowest BCUT2D eigenvalue weighted by Crippen LogP contribution is -2.60. The number of fused-ring (bicyclic) bond motifs is 3. The maximum atomic E-state index is 13.4. The fourth-order valence-electron chi connectivity index (χ4n) is 6.09. The van der Waals surface area contributed by atoms with Crippen molar-refractivity contribution in [3.05, 3.63) is 70.2 Å². The zero-order valence-electron chi connectivity index (χ0n) is 15.6. The molecule has 2 aromatic rings. The average Bonchev–Trinajstić information content (AvgIpc) is 3.25. The van der Waals surface area contributed by atoms with Gasteiger partial charge in [0.2, 0.25) is 0 Å². The smallest absolute Gasteiger partial charge is 0.139 e. The molecule has 140 valence electrons. The number of Topliss-reactive ketones (excluding diaryl/α,β-unsaturated/α-hetero) is 1. The third-order valence-electron chi connectivity index (χ3n) is 7.24. The SMILES string of the molecule is O=C1CC2(N3CCCC3)CC(c3ccccc3)C1C(c1ccc(Br)cc1)C2. The lowest BCUT2D eigenvalue weighted by atomic mass is 9.52. The Morgan fingerprint density at radius 2 is 1.44 bits per heavy atom. The van der Waals surface area contributed by atoms with Gasteiger partial charge >= 0.3 is 0 Å². The van der Waals surface area contributed by atoms with Crippen LogP contribution in [-0.2, 0) is 4.79 Å². The van der Waals surface area contributed by atoms with E-state index in [1.807, 2.05) is 0 Å². The second-order valence-electron chi connectivity index (χ2n) is 8.67. The summed E-state index contributed by atoms with van der Waals surface area (Å²) in [5.41, 5.74) is 2.74. The van der Waals surface area contributed by atoms with Gasteiger partial charge in [-0.15, -0.1) is 0 Å². The standard InChI is InChI=1S/C24H26BrNO/c25-19-10-8-18(9-11-19)21-15-24(26-12-4-5-13-26)14-20(23(21)22(27)16-24)17-6-2-1-3-7-17/h1-3,6-11,20-21,23H,4-5,12-16H2. The minimum absolute atomic E-state index is 0.0561. The zero-order valence-corrected chi connectivity index (χ0v) is 17.2. The summed E-state index contributed by atoms with van der Waals surface area (Å²) in [5.74, 6) is 1.29. The van der Waals surface area contributed by atoms with Gasteiger partial charge in [0.25, 0.3) is 0 Å². The van der Waals surface area contributed by atoms with Crippen LogP contribution < -0.4 is 0 Å². The van der Waals surface area contributed by atoms with E-state index < -0.39 is 0 Å². The van der Waals surface area contributed by atoms with Crippen molar-refractivity contribution in [1.82, 2.24) is 4.90 Å². The van der Waals surface area contributed by atoms with Crippen LogP contribution in [0.15, 0.2) is 59.1 Å². The van der Waals surface area contributed by atoms with Crippen LogP contribution in [0.5, 0.6) is 0 Å². The molecule has 3 saturated carbocycles. The van der Waals surface area contributed by atoms with Crippen LogP contribution in [0.25, 0.3) is 0 Å². The molecule has 3 aliphatic carbocycles. The number of rotatable bonds is 3. The zero-order chi connectivity index (χ0) is 18.4. The molecule has 3 heteroatoms. The number of hydrogen-bond acceptors (Lipinski definition) is 2. The first kappa shape index (κ1) is 17.6. The quantitative estimate of drug-likeness (QED) is 0.646. The number of nitrogens with zero attached hydrogens (tertiary/aromatic N) is 1. The number of carbonyl (C=O) groups excluding carboxylic acids is 1. The molecule has 1 aliphatic heterocycles. The molecule has 1 heterocycles. The molecule has 2 nitrogen and oxygen atoms in total. The number of ketones is 1. The fraction of sp³-hybridized carbons (Fsp3) is 0.458. The van der Waals surface area contributed by atoms with E-state index in [2.05, 4.69) is 75.4 Å². The van der Waals surface area contributed by atoms with Crippen molar-refractivity contribution in [2.45, 2.75) is 49.5 Å². The van der Waals surface area contributed by atoms with Crippen molar-refractivity contribution in [1.29, 1.82) is 0 Å². The first-order valence-electron chi connectivity index (χ1n) is 10.2. The van der Waals surface area contributed by atoms with Crippen LogP contribution >= 0.6 is 15.9 Å². The van der Waals surface area contributed by atoms with E-state index in [1.165, 1.54) is 24.0 Å². The van der Waals surface area contributed by atoms with Crippen LogP contribution in [0.2, 0.25) is 0 Å². The Morgan fingerprint density at radius 3 is 2.07 bits per heavy atom. The van der Waals surface area contributed by atoms with Gasteiger partial charge in [-0.25, -0.2) is 0 Å².